The topological polar surface area (TPSA) is 62.5 Å². The summed E-state index contributed by atoms with van der Waals surface area (Å²) >= 11 is 0. The van der Waals surface area contributed by atoms with Gasteiger partial charge in [0.15, 0.2) is 5.84 Å². The Hall–Kier alpha value is -3.60. The van der Waals surface area contributed by atoms with E-state index in [1.807, 2.05) is 72.9 Å². The van der Waals surface area contributed by atoms with Gasteiger partial charge in [-0.1, -0.05) is 42.5 Å². The van der Waals surface area contributed by atoms with Gasteiger partial charge in [0, 0.05) is 24.2 Å². The Kier molecular flexibility index (Phi) is 4.12. The lowest BCUT2D eigenvalue weighted by Crippen LogP contribution is -2.10. The van der Waals surface area contributed by atoms with Gasteiger partial charge in [-0.3, -0.25) is 15.4 Å². The van der Waals surface area contributed by atoms with Crippen molar-refractivity contribution in [3.63, 3.8) is 0 Å². The fraction of sp³-hybridized carbons (Fsp3) is 0. The van der Waals surface area contributed by atoms with Gasteiger partial charge in [0.05, 0.1) is 11.4 Å². The van der Waals surface area contributed by atoms with Gasteiger partial charge in [-0.05, 0) is 29.8 Å². The minimum atomic E-state index is 0.528. The van der Waals surface area contributed by atoms with Crippen LogP contribution in [-0.2, 0) is 0 Å². The molecule has 1 aliphatic heterocycles. The van der Waals surface area contributed by atoms with Gasteiger partial charge in [0.2, 0.25) is 0 Å². The zero-order valence-electron chi connectivity index (χ0n) is 13.4. The standard InChI is InChI=1S/C20H15N5/c1-2-8-15(9-3-1)16-14-23-20(18-11-5-7-13-22-18)25-24-19(16)17-10-4-6-12-21-17/h1-14,24H. The van der Waals surface area contributed by atoms with Crippen molar-refractivity contribution in [2.24, 2.45) is 10.1 Å². The summed E-state index contributed by atoms with van der Waals surface area (Å²) in [5.74, 6) is 0.528. The van der Waals surface area contributed by atoms with Crippen LogP contribution in [0.25, 0.3) is 11.3 Å². The van der Waals surface area contributed by atoms with E-state index >= 15 is 0 Å². The van der Waals surface area contributed by atoms with Gasteiger partial charge in [-0.2, -0.15) is 5.10 Å². The van der Waals surface area contributed by atoms with E-state index in [1.165, 1.54) is 0 Å². The van der Waals surface area contributed by atoms with E-state index in [4.69, 9.17) is 0 Å². The molecule has 0 fully saturated rings. The molecule has 3 heterocycles. The second-order valence-corrected chi connectivity index (χ2v) is 5.39. The number of nitrogens with one attached hydrogen (secondary N) is 1. The van der Waals surface area contributed by atoms with Crippen LogP contribution in [0.4, 0.5) is 0 Å². The predicted molar refractivity (Wildman–Crippen MR) is 99.9 cm³/mol. The normalized spacial score (nSPS) is 13.8. The third kappa shape index (κ3) is 3.21. The van der Waals surface area contributed by atoms with Crippen molar-refractivity contribution in [2.45, 2.75) is 0 Å². The van der Waals surface area contributed by atoms with E-state index in [0.29, 0.717) is 11.5 Å². The Bertz CT molecular complexity index is 945. The summed E-state index contributed by atoms with van der Waals surface area (Å²) in [4.78, 5) is 13.3. The average molecular weight is 325 g/mol. The third-order valence-corrected chi connectivity index (χ3v) is 3.76. The monoisotopic (exact) mass is 325 g/mol. The zero-order chi connectivity index (χ0) is 16.9. The van der Waals surface area contributed by atoms with E-state index in [-0.39, 0.29) is 0 Å². The third-order valence-electron chi connectivity index (χ3n) is 3.76. The van der Waals surface area contributed by atoms with Crippen LogP contribution in [0.3, 0.4) is 0 Å². The number of allylic oxidation sites excluding steroid dienone is 1. The molecule has 2 aromatic heterocycles. The zero-order valence-corrected chi connectivity index (χ0v) is 13.4. The minimum Gasteiger partial charge on any atom is -0.273 e. The lowest BCUT2D eigenvalue weighted by molar-refractivity contribution is 0.976. The Morgan fingerprint density at radius 1 is 0.680 bits per heavy atom. The molecule has 5 heteroatoms. The van der Waals surface area contributed by atoms with Crippen molar-refractivity contribution in [2.75, 3.05) is 0 Å². The molecular weight excluding hydrogens is 310 g/mol. The molecule has 0 saturated carbocycles. The highest BCUT2D eigenvalue weighted by Crippen LogP contribution is 2.23. The number of aromatic nitrogens is 2. The van der Waals surface area contributed by atoms with E-state index in [9.17, 15) is 0 Å². The molecular formula is C20H15N5. The molecule has 0 radical (unpaired) electrons. The SMILES string of the molecule is C1=NC(c2ccccn2)=NNC(c2ccccn2)=C1c1ccccc1. The Balaban J connectivity index is 1.82. The predicted octanol–water partition coefficient (Wildman–Crippen LogP) is 3.38. The molecule has 0 atom stereocenters. The number of hydrogen-bond donors (Lipinski definition) is 1. The summed E-state index contributed by atoms with van der Waals surface area (Å²) in [6.07, 6.45) is 5.30. The minimum absolute atomic E-state index is 0.528. The first kappa shape index (κ1) is 15.0. The molecule has 5 nitrogen and oxygen atoms in total. The van der Waals surface area contributed by atoms with E-state index in [1.54, 1.807) is 12.4 Å². The van der Waals surface area contributed by atoms with Crippen LogP contribution in [0.2, 0.25) is 0 Å². The number of nitrogens with zero attached hydrogens (tertiary/aromatic N) is 4. The Morgan fingerprint density at radius 2 is 1.36 bits per heavy atom. The van der Waals surface area contributed by atoms with Crippen LogP contribution < -0.4 is 5.43 Å². The number of hydrogen-bond acceptors (Lipinski definition) is 5. The molecule has 4 rings (SSSR count). The van der Waals surface area contributed by atoms with Crippen molar-refractivity contribution in [1.82, 2.24) is 15.4 Å². The summed E-state index contributed by atoms with van der Waals surface area (Å²) in [7, 11) is 0. The van der Waals surface area contributed by atoms with Gasteiger partial charge >= 0.3 is 0 Å². The number of aliphatic imine (C=N–C) groups is 1. The van der Waals surface area contributed by atoms with Crippen molar-refractivity contribution < 1.29 is 0 Å². The summed E-state index contributed by atoms with van der Waals surface area (Å²) in [5.41, 5.74) is 7.42. The molecule has 0 bridgehead atoms. The van der Waals surface area contributed by atoms with Crippen molar-refractivity contribution >= 4 is 23.3 Å². The first-order valence-electron chi connectivity index (χ1n) is 7.92. The average Bonchev–Trinajstić information content (AvgIpc) is 2.93. The van der Waals surface area contributed by atoms with E-state index < -0.39 is 0 Å². The second kappa shape index (κ2) is 6.88. The summed E-state index contributed by atoms with van der Waals surface area (Å²) in [5, 5.41) is 4.44. The number of benzene rings is 1. The van der Waals surface area contributed by atoms with Gasteiger partial charge in [0.25, 0.3) is 0 Å². The summed E-state index contributed by atoms with van der Waals surface area (Å²) < 4.78 is 0. The van der Waals surface area contributed by atoms with Gasteiger partial charge < -0.3 is 0 Å². The molecule has 1 aliphatic rings. The molecule has 1 aromatic carbocycles. The van der Waals surface area contributed by atoms with Crippen LogP contribution in [0, 0.1) is 0 Å². The summed E-state index contributed by atoms with van der Waals surface area (Å²) in [6.45, 7) is 0. The molecule has 0 amide bonds. The molecule has 0 aliphatic carbocycles. The summed E-state index contributed by atoms with van der Waals surface area (Å²) in [6, 6.07) is 21.5. The number of pyridine rings is 2. The lowest BCUT2D eigenvalue weighted by atomic mass is 10.0. The van der Waals surface area contributed by atoms with Crippen LogP contribution >= 0.6 is 0 Å². The molecule has 3 aromatic rings. The quantitative estimate of drug-likeness (QED) is 0.803. The molecule has 0 saturated heterocycles. The maximum atomic E-state index is 4.54. The fourth-order valence-corrected chi connectivity index (χ4v) is 2.55. The van der Waals surface area contributed by atoms with Crippen LogP contribution in [-0.4, -0.2) is 22.0 Å². The highest BCUT2D eigenvalue weighted by Gasteiger charge is 2.15. The maximum Gasteiger partial charge on any atom is 0.197 e. The van der Waals surface area contributed by atoms with Gasteiger partial charge in [-0.25, -0.2) is 4.99 Å². The Morgan fingerprint density at radius 3 is 2.04 bits per heavy atom. The second-order valence-electron chi connectivity index (χ2n) is 5.39. The van der Waals surface area contributed by atoms with E-state index in [2.05, 4.69) is 25.5 Å². The van der Waals surface area contributed by atoms with Crippen molar-refractivity contribution in [3.8, 4) is 0 Å². The van der Waals surface area contributed by atoms with Gasteiger partial charge in [0.1, 0.15) is 5.69 Å². The number of rotatable bonds is 3. The van der Waals surface area contributed by atoms with E-state index in [0.717, 1.165) is 22.5 Å². The first-order chi connectivity index (χ1) is 12.4. The number of amidine groups is 1. The highest BCUT2D eigenvalue weighted by atomic mass is 15.3. The molecule has 120 valence electrons. The van der Waals surface area contributed by atoms with Crippen molar-refractivity contribution in [1.29, 1.82) is 0 Å². The lowest BCUT2D eigenvalue weighted by Gasteiger charge is -2.10. The molecule has 0 unspecified atom stereocenters. The number of hydrazone groups is 1. The molecule has 0 spiro atoms. The highest BCUT2D eigenvalue weighted by molar-refractivity contribution is 6.23. The maximum absolute atomic E-state index is 4.54. The first-order valence-corrected chi connectivity index (χ1v) is 7.92. The smallest absolute Gasteiger partial charge is 0.197 e. The molecule has 1 N–H and O–H groups in total. The Labute approximate surface area is 145 Å². The van der Waals surface area contributed by atoms with Gasteiger partial charge in [-0.15, -0.1) is 0 Å². The molecule has 25 heavy (non-hydrogen) atoms. The van der Waals surface area contributed by atoms with Crippen LogP contribution in [0.5, 0.6) is 0 Å². The van der Waals surface area contributed by atoms with Crippen LogP contribution in [0.15, 0.2) is 89.2 Å². The van der Waals surface area contributed by atoms with Crippen LogP contribution in [0.1, 0.15) is 17.0 Å². The fourth-order valence-electron chi connectivity index (χ4n) is 2.55. The van der Waals surface area contributed by atoms with Crippen molar-refractivity contribution in [3.05, 3.63) is 96.1 Å². The largest absolute Gasteiger partial charge is 0.273 e.